The molecule has 12 heavy (non-hydrogen) atoms. The predicted octanol–water partition coefficient (Wildman–Crippen LogP) is 2.12. The fraction of sp³-hybridized carbons (Fsp3) is 0.889. The topological polar surface area (TPSA) is 29.5 Å². The molecule has 1 atom stereocenters. The lowest BCUT2D eigenvalue weighted by Crippen LogP contribution is -2.33. The van der Waals surface area contributed by atoms with Crippen LogP contribution in [0.3, 0.4) is 0 Å². The van der Waals surface area contributed by atoms with Crippen LogP contribution in [-0.4, -0.2) is 31.2 Å². The van der Waals surface area contributed by atoms with Crippen molar-refractivity contribution in [3.63, 3.8) is 0 Å². The van der Waals surface area contributed by atoms with Gasteiger partial charge in [0.05, 0.1) is 0 Å². The number of nitrogens with zero attached hydrogens (tertiary/aromatic N) is 1. The molecule has 72 valence electrons. The monoisotopic (exact) mass is 173 g/mol. The zero-order valence-electron chi connectivity index (χ0n) is 8.84. The maximum atomic E-state index is 11.1. The van der Waals surface area contributed by atoms with Gasteiger partial charge in [0.25, 0.3) is 0 Å². The molecule has 1 unspecified atom stereocenters. The first-order chi connectivity index (χ1) is 5.25. The van der Waals surface area contributed by atoms with Crippen LogP contribution in [0.4, 0.5) is 4.79 Å². The van der Waals surface area contributed by atoms with Gasteiger partial charge in [-0.15, -0.1) is 0 Å². The molecule has 0 heterocycles. The third-order valence-electron chi connectivity index (χ3n) is 1.86. The molecule has 0 spiro atoms. The molecule has 3 heteroatoms. The van der Waals surface area contributed by atoms with Crippen LogP contribution in [-0.2, 0) is 4.74 Å². The summed E-state index contributed by atoms with van der Waals surface area (Å²) in [7, 11) is 3.36. The third-order valence-corrected chi connectivity index (χ3v) is 1.86. The van der Waals surface area contributed by atoms with Crippen LogP contribution >= 0.6 is 0 Å². The van der Waals surface area contributed by atoms with Crippen LogP contribution < -0.4 is 0 Å². The second kappa shape index (κ2) is 3.78. The van der Waals surface area contributed by atoms with Gasteiger partial charge in [0.1, 0.15) is 6.10 Å². The van der Waals surface area contributed by atoms with Gasteiger partial charge in [-0.25, -0.2) is 4.79 Å². The van der Waals surface area contributed by atoms with Crippen molar-refractivity contribution >= 4 is 6.09 Å². The molecule has 1 amide bonds. The molecule has 0 radical (unpaired) electrons. The molecule has 0 saturated heterocycles. The summed E-state index contributed by atoms with van der Waals surface area (Å²) in [5.41, 5.74) is 0.00562. The Labute approximate surface area is 74.7 Å². The fourth-order valence-electron chi connectivity index (χ4n) is 0.433. The van der Waals surface area contributed by atoms with E-state index in [-0.39, 0.29) is 17.6 Å². The zero-order chi connectivity index (χ0) is 9.94. The first-order valence-electron chi connectivity index (χ1n) is 4.13. The van der Waals surface area contributed by atoms with Crippen LogP contribution in [0.15, 0.2) is 0 Å². The Morgan fingerprint density at radius 1 is 1.33 bits per heavy atom. The number of carbonyl (C=O) groups is 1. The molecule has 0 N–H and O–H groups in total. The van der Waals surface area contributed by atoms with E-state index in [1.54, 1.807) is 14.1 Å². The van der Waals surface area contributed by atoms with Crippen molar-refractivity contribution < 1.29 is 9.53 Å². The second-order valence-corrected chi connectivity index (χ2v) is 4.29. The normalized spacial score (nSPS) is 13.8. The van der Waals surface area contributed by atoms with Gasteiger partial charge in [-0.1, -0.05) is 20.8 Å². The number of hydrogen-bond donors (Lipinski definition) is 0. The van der Waals surface area contributed by atoms with Crippen LogP contribution in [0.2, 0.25) is 0 Å². The zero-order valence-corrected chi connectivity index (χ0v) is 8.84. The van der Waals surface area contributed by atoms with Crippen molar-refractivity contribution in [3.8, 4) is 0 Å². The van der Waals surface area contributed by atoms with E-state index in [0.29, 0.717) is 0 Å². The lowest BCUT2D eigenvalue weighted by molar-refractivity contribution is 0.0281. The lowest BCUT2D eigenvalue weighted by Gasteiger charge is -2.27. The molecule has 0 aliphatic carbocycles. The molecule has 0 aliphatic heterocycles. The molecule has 0 saturated carbocycles. The van der Waals surface area contributed by atoms with Gasteiger partial charge in [0, 0.05) is 14.1 Å². The van der Waals surface area contributed by atoms with E-state index in [1.807, 2.05) is 27.7 Å². The SMILES string of the molecule is CC(OC(=O)N(C)C)C(C)(C)C. The molecule has 0 aliphatic rings. The molecule has 0 aromatic rings. The highest BCUT2D eigenvalue weighted by Gasteiger charge is 2.24. The Balaban J connectivity index is 4.02. The van der Waals surface area contributed by atoms with Crippen LogP contribution in [0, 0.1) is 5.41 Å². The van der Waals surface area contributed by atoms with Crippen LogP contribution in [0.25, 0.3) is 0 Å². The van der Waals surface area contributed by atoms with Gasteiger partial charge < -0.3 is 9.64 Å². The lowest BCUT2D eigenvalue weighted by atomic mass is 9.90. The van der Waals surface area contributed by atoms with Crippen LogP contribution in [0.1, 0.15) is 27.7 Å². The van der Waals surface area contributed by atoms with E-state index in [2.05, 4.69) is 0 Å². The van der Waals surface area contributed by atoms with E-state index in [9.17, 15) is 4.79 Å². The van der Waals surface area contributed by atoms with E-state index >= 15 is 0 Å². The smallest absolute Gasteiger partial charge is 0.409 e. The maximum Gasteiger partial charge on any atom is 0.409 e. The minimum absolute atomic E-state index is 0.00562. The molecule has 0 rings (SSSR count). The summed E-state index contributed by atoms with van der Waals surface area (Å²) in [5, 5.41) is 0. The minimum atomic E-state index is -0.280. The Bertz CT molecular complexity index is 158. The average molecular weight is 173 g/mol. The predicted molar refractivity (Wildman–Crippen MR) is 49.1 cm³/mol. The van der Waals surface area contributed by atoms with Gasteiger partial charge >= 0.3 is 6.09 Å². The number of hydrogen-bond acceptors (Lipinski definition) is 2. The molecule has 0 aromatic carbocycles. The highest BCUT2D eigenvalue weighted by atomic mass is 16.6. The van der Waals surface area contributed by atoms with E-state index in [0.717, 1.165) is 0 Å². The van der Waals surface area contributed by atoms with Crippen molar-refractivity contribution in [2.45, 2.75) is 33.8 Å². The summed E-state index contributed by atoms with van der Waals surface area (Å²) in [6.07, 6.45) is -0.343. The third kappa shape index (κ3) is 3.60. The standard InChI is InChI=1S/C9H19NO2/c1-7(9(2,3)4)12-8(11)10(5)6/h7H,1-6H3. The number of rotatable bonds is 1. The van der Waals surface area contributed by atoms with Crippen molar-refractivity contribution in [1.82, 2.24) is 4.90 Å². The average Bonchev–Trinajstić information content (AvgIpc) is 1.85. The minimum Gasteiger partial charge on any atom is -0.446 e. The first-order valence-corrected chi connectivity index (χ1v) is 4.13. The summed E-state index contributed by atoms with van der Waals surface area (Å²) in [6.45, 7) is 8.03. The number of amides is 1. The van der Waals surface area contributed by atoms with Gasteiger partial charge in [0.2, 0.25) is 0 Å². The molecule has 0 aromatic heterocycles. The van der Waals surface area contributed by atoms with Crippen molar-refractivity contribution in [1.29, 1.82) is 0 Å². The molecular formula is C9H19NO2. The van der Waals surface area contributed by atoms with E-state index in [1.165, 1.54) is 4.90 Å². The van der Waals surface area contributed by atoms with Gasteiger partial charge in [-0.3, -0.25) is 0 Å². The summed E-state index contributed by atoms with van der Waals surface area (Å²) in [5.74, 6) is 0. The molecule has 0 fully saturated rings. The van der Waals surface area contributed by atoms with E-state index < -0.39 is 0 Å². The fourth-order valence-corrected chi connectivity index (χ4v) is 0.433. The van der Waals surface area contributed by atoms with Crippen molar-refractivity contribution in [3.05, 3.63) is 0 Å². The quantitative estimate of drug-likeness (QED) is 0.608. The Morgan fingerprint density at radius 3 is 2.00 bits per heavy atom. The summed E-state index contributed by atoms with van der Waals surface area (Å²) >= 11 is 0. The molecule has 0 bridgehead atoms. The Morgan fingerprint density at radius 2 is 1.75 bits per heavy atom. The number of ether oxygens (including phenoxy) is 1. The van der Waals surface area contributed by atoms with Gasteiger partial charge in [-0.2, -0.15) is 0 Å². The summed E-state index contributed by atoms with van der Waals surface area (Å²) in [6, 6.07) is 0. The summed E-state index contributed by atoms with van der Waals surface area (Å²) in [4.78, 5) is 12.5. The number of carbonyl (C=O) groups excluding carboxylic acids is 1. The largest absolute Gasteiger partial charge is 0.446 e. The van der Waals surface area contributed by atoms with Crippen LogP contribution in [0.5, 0.6) is 0 Å². The van der Waals surface area contributed by atoms with E-state index in [4.69, 9.17) is 4.74 Å². The van der Waals surface area contributed by atoms with Crippen molar-refractivity contribution in [2.24, 2.45) is 5.41 Å². The Hall–Kier alpha value is -0.730. The molecular weight excluding hydrogens is 154 g/mol. The van der Waals surface area contributed by atoms with Gasteiger partial charge in [0.15, 0.2) is 0 Å². The maximum absolute atomic E-state index is 11.1. The molecule has 3 nitrogen and oxygen atoms in total. The van der Waals surface area contributed by atoms with Gasteiger partial charge in [-0.05, 0) is 12.3 Å². The highest BCUT2D eigenvalue weighted by Crippen LogP contribution is 2.21. The Kier molecular flexibility index (Phi) is 3.55. The summed E-state index contributed by atoms with van der Waals surface area (Å²) < 4.78 is 5.16. The first kappa shape index (κ1) is 11.3. The second-order valence-electron chi connectivity index (χ2n) is 4.29. The van der Waals surface area contributed by atoms with Crippen molar-refractivity contribution in [2.75, 3.05) is 14.1 Å². The highest BCUT2D eigenvalue weighted by molar-refractivity contribution is 5.66.